The van der Waals surface area contributed by atoms with Crippen LogP contribution in [0.1, 0.15) is 18.5 Å². The number of benzene rings is 2. The molecular formula is C29H27ClN2O6. The number of carbonyl (C=O) groups is 3. The van der Waals surface area contributed by atoms with Crippen LogP contribution in [0.2, 0.25) is 5.02 Å². The van der Waals surface area contributed by atoms with Crippen molar-refractivity contribution in [1.29, 1.82) is 0 Å². The van der Waals surface area contributed by atoms with Crippen molar-refractivity contribution >= 4 is 35.1 Å². The molecule has 9 heteroatoms. The summed E-state index contributed by atoms with van der Waals surface area (Å²) in [5, 5.41) is 11.0. The number of amides is 2. The first-order valence-corrected chi connectivity index (χ1v) is 13.0. The van der Waals surface area contributed by atoms with Gasteiger partial charge in [0.15, 0.2) is 0 Å². The van der Waals surface area contributed by atoms with Crippen LogP contribution < -0.4 is 4.90 Å². The summed E-state index contributed by atoms with van der Waals surface area (Å²) >= 11 is 6.50. The first-order chi connectivity index (χ1) is 18.3. The lowest BCUT2D eigenvalue weighted by atomic mass is 9.75. The number of halogens is 1. The highest BCUT2D eigenvalue weighted by molar-refractivity contribution is 6.34. The summed E-state index contributed by atoms with van der Waals surface area (Å²) in [6, 6.07) is 14.0. The van der Waals surface area contributed by atoms with Crippen molar-refractivity contribution in [2.45, 2.75) is 30.2 Å². The van der Waals surface area contributed by atoms with E-state index >= 15 is 0 Å². The second kappa shape index (κ2) is 9.08. The van der Waals surface area contributed by atoms with Crippen LogP contribution in [0.25, 0.3) is 0 Å². The number of aliphatic hydroxyl groups is 1. The Balaban J connectivity index is 1.55. The van der Waals surface area contributed by atoms with Gasteiger partial charge in [-0.25, -0.2) is 0 Å². The van der Waals surface area contributed by atoms with Crippen molar-refractivity contribution in [2.75, 3.05) is 24.7 Å². The number of cyclic esters (lactones) is 1. The van der Waals surface area contributed by atoms with Crippen LogP contribution in [0.4, 0.5) is 5.69 Å². The summed E-state index contributed by atoms with van der Waals surface area (Å²) in [6.45, 7) is 1.59. The van der Waals surface area contributed by atoms with Gasteiger partial charge in [-0.3, -0.25) is 14.4 Å². The number of ether oxygens (including phenoxy) is 2. The molecule has 0 aliphatic carbocycles. The van der Waals surface area contributed by atoms with Crippen molar-refractivity contribution < 1.29 is 29.0 Å². The zero-order valence-corrected chi connectivity index (χ0v) is 21.5. The highest BCUT2D eigenvalue weighted by Crippen LogP contribution is 2.58. The van der Waals surface area contributed by atoms with E-state index in [1.807, 2.05) is 6.07 Å². The van der Waals surface area contributed by atoms with Crippen molar-refractivity contribution in [3.05, 3.63) is 89.5 Å². The van der Waals surface area contributed by atoms with Crippen LogP contribution in [0.15, 0.2) is 78.9 Å². The van der Waals surface area contributed by atoms with Gasteiger partial charge >= 0.3 is 5.97 Å². The molecule has 8 nitrogen and oxygen atoms in total. The number of aliphatic hydroxyl groups excluding tert-OH is 1. The standard InChI is InChI=1S/C29H27ClN2O6/c1-28-13-8-16-37-27(36)23(28)22-25(34)32(21(17-33)18-9-3-2-4-10-18)24-26(35)31(15-7-14-29(22,24)38-28)20-12-6-5-11-19(20)30/h2-14,21-24,33H,15-17H2,1H3/t21-,22+,23+,24?,28-,29+/m1/s1. The molecule has 2 fully saturated rings. The molecule has 38 heavy (non-hydrogen) atoms. The molecule has 0 bridgehead atoms. The average Bonchev–Trinajstić information content (AvgIpc) is 3.17. The lowest BCUT2D eigenvalue weighted by Crippen LogP contribution is -2.57. The normalized spacial score (nSPS) is 32.8. The molecule has 2 aromatic carbocycles. The van der Waals surface area contributed by atoms with E-state index in [0.717, 1.165) is 0 Å². The quantitative estimate of drug-likeness (QED) is 0.478. The molecule has 6 rings (SSSR count). The Morgan fingerprint density at radius 3 is 2.47 bits per heavy atom. The Kier molecular flexibility index (Phi) is 5.94. The van der Waals surface area contributed by atoms with E-state index < -0.39 is 59.5 Å². The Morgan fingerprint density at radius 2 is 1.74 bits per heavy atom. The summed E-state index contributed by atoms with van der Waals surface area (Å²) in [5.74, 6) is -3.41. The molecule has 1 unspecified atom stereocenters. The van der Waals surface area contributed by atoms with Gasteiger partial charge in [0.25, 0.3) is 5.91 Å². The maximum Gasteiger partial charge on any atom is 0.313 e. The largest absolute Gasteiger partial charge is 0.461 e. The number of hydrogen-bond acceptors (Lipinski definition) is 6. The zero-order chi connectivity index (χ0) is 26.7. The summed E-state index contributed by atoms with van der Waals surface area (Å²) in [4.78, 5) is 45.1. The lowest BCUT2D eigenvalue weighted by molar-refractivity contribution is -0.157. The predicted molar refractivity (Wildman–Crippen MR) is 139 cm³/mol. The van der Waals surface area contributed by atoms with Gasteiger partial charge in [0, 0.05) is 6.54 Å². The van der Waals surface area contributed by atoms with Crippen LogP contribution in [-0.4, -0.2) is 64.8 Å². The second-order valence-corrected chi connectivity index (χ2v) is 10.6. The summed E-state index contributed by atoms with van der Waals surface area (Å²) in [6.07, 6.45) is 6.98. The smallest absolute Gasteiger partial charge is 0.313 e. The molecular weight excluding hydrogens is 508 g/mol. The van der Waals surface area contributed by atoms with Crippen molar-refractivity contribution in [3.63, 3.8) is 0 Å². The van der Waals surface area contributed by atoms with Gasteiger partial charge in [0.2, 0.25) is 5.91 Å². The average molecular weight is 535 g/mol. The van der Waals surface area contributed by atoms with Gasteiger partial charge in [-0.15, -0.1) is 0 Å². The maximum atomic E-state index is 14.5. The van der Waals surface area contributed by atoms with E-state index in [-0.39, 0.29) is 13.2 Å². The van der Waals surface area contributed by atoms with E-state index in [1.54, 1.807) is 79.8 Å². The maximum absolute atomic E-state index is 14.5. The predicted octanol–water partition coefficient (Wildman–Crippen LogP) is 3.06. The Labute approximate surface area is 225 Å². The fourth-order valence-corrected chi connectivity index (χ4v) is 6.78. The van der Waals surface area contributed by atoms with Crippen molar-refractivity contribution in [3.8, 4) is 0 Å². The molecule has 1 spiro atoms. The van der Waals surface area contributed by atoms with E-state index in [2.05, 4.69) is 0 Å². The molecule has 2 saturated heterocycles. The minimum absolute atomic E-state index is 0.0771. The molecule has 2 amide bonds. The fourth-order valence-electron chi connectivity index (χ4n) is 6.55. The fraction of sp³-hybridized carbons (Fsp3) is 0.345. The third-order valence-electron chi connectivity index (χ3n) is 8.09. The van der Waals surface area contributed by atoms with Crippen LogP contribution in [-0.2, 0) is 23.9 Å². The number of anilines is 1. The van der Waals surface area contributed by atoms with Crippen LogP contribution in [0.5, 0.6) is 0 Å². The highest BCUT2D eigenvalue weighted by Gasteiger charge is 2.75. The van der Waals surface area contributed by atoms with Crippen LogP contribution in [0.3, 0.4) is 0 Å². The van der Waals surface area contributed by atoms with Gasteiger partial charge in [-0.1, -0.05) is 72.3 Å². The minimum atomic E-state index is -1.47. The lowest BCUT2D eigenvalue weighted by Gasteiger charge is -2.40. The minimum Gasteiger partial charge on any atom is -0.461 e. The third kappa shape index (κ3) is 3.47. The summed E-state index contributed by atoms with van der Waals surface area (Å²) < 4.78 is 12.1. The molecule has 196 valence electrons. The number of hydrogen-bond donors (Lipinski definition) is 1. The Morgan fingerprint density at radius 1 is 1.00 bits per heavy atom. The number of nitrogens with zero attached hydrogens (tertiary/aromatic N) is 2. The number of carbonyl (C=O) groups excluding carboxylic acids is 3. The number of esters is 1. The molecule has 1 N–H and O–H groups in total. The molecule has 4 heterocycles. The first kappa shape index (κ1) is 24.9. The molecule has 4 aliphatic rings. The van der Waals surface area contributed by atoms with Crippen LogP contribution >= 0.6 is 11.6 Å². The molecule has 2 aromatic rings. The number of para-hydroxylation sites is 1. The molecule has 0 aromatic heterocycles. The van der Waals surface area contributed by atoms with Crippen molar-refractivity contribution in [1.82, 2.24) is 4.90 Å². The van der Waals surface area contributed by atoms with Gasteiger partial charge in [0.05, 0.1) is 34.9 Å². The number of fused-ring (bicyclic) bond motifs is 2. The van der Waals surface area contributed by atoms with Gasteiger partial charge in [0.1, 0.15) is 24.2 Å². The molecule has 6 atom stereocenters. The monoisotopic (exact) mass is 534 g/mol. The Hall–Kier alpha value is -3.46. The van der Waals surface area contributed by atoms with Gasteiger partial charge in [-0.05, 0) is 30.7 Å². The SMILES string of the molecule is C[C@@]12C=CCOC(=O)[C@@H]1[C@H]1C(=O)N([C@H](CO)c3ccccc3)C3C(=O)N(c4ccccc4Cl)CC=C[C@@]31O2. The number of likely N-dealkylation sites (tertiary alicyclic amines) is 1. The summed E-state index contributed by atoms with van der Waals surface area (Å²) in [5.41, 5.74) is -1.47. The Bertz CT molecular complexity index is 1360. The number of rotatable bonds is 4. The first-order valence-electron chi connectivity index (χ1n) is 12.6. The van der Waals surface area contributed by atoms with Crippen LogP contribution in [0, 0.1) is 11.8 Å². The second-order valence-electron chi connectivity index (χ2n) is 10.2. The highest BCUT2D eigenvalue weighted by atomic mass is 35.5. The van der Waals surface area contributed by atoms with E-state index in [0.29, 0.717) is 16.3 Å². The van der Waals surface area contributed by atoms with Crippen molar-refractivity contribution in [2.24, 2.45) is 11.8 Å². The summed E-state index contributed by atoms with van der Waals surface area (Å²) in [7, 11) is 0. The topological polar surface area (TPSA) is 96.4 Å². The van der Waals surface area contributed by atoms with E-state index in [9.17, 15) is 19.5 Å². The molecule has 0 radical (unpaired) electrons. The molecule has 0 saturated carbocycles. The molecule has 4 aliphatic heterocycles. The van der Waals surface area contributed by atoms with Gasteiger partial charge in [-0.2, -0.15) is 0 Å². The van der Waals surface area contributed by atoms with E-state index in [4.69, 9.17) is 21.1 Å². The zero-order valence-electron chi connectivity index (χ0n) is 20.7. The van der Waals surface area contributed by atoms with Gasteiger partial charge < -0.3 is 24.4 Å². The van der Waals surface area contributed by atoms with E-state index in [1.165, 1.54) is 9.80 Å². The third-order valence-corrected chi connectivity index (χ3v) is 8.41.